The van der Waals surface area contributed by atoms with E-state index in [-0.39, 0.29) is 0 Å². The molecule has 5 heteroatoms. The number of thioether (sulfide) groups is 1. The molecule has 1 aromatic rings. The molecule has 0 atom stereocenters. The molecule has 0 radical (unpaired) electrons. The van der Waals surface area contributed by atoms with Crippen LogP contribution in [0.5, 0.6) is 0 Å². The van der Waals surface area contributed by atoms with Gasteiger partial charge in [0.05, 0.1) is 0 Å². The van der Waals surface area contributed by atoms with Crippen LogP contribution in [0.15, 0.2) is 4.34 Å². The normalized spacial score (nSPS) is 17.6. The van der Waals surface area contributed by atoms with Crippen molar-refractivity contribution in [2.45, 2.75) is 22.4 Å². The van der Waals surface area contributed by atoms with E-state index in [1.807, 2.05) is 0 Å². The average molecular weight is 173 g/mol. The predicted octanol–water partition coefficient (Wildman–Crippen LogP) is 1.37. The van der Waals surface area contributed by atoms with Crippen LogP contribution in [-0.2, 0) is 0 Å². The second kappa shape index (κ2) is 2.39. The van der Waals surface area contributed by atoms with Crippen LogP contribution in [0.3, 0.4) is 0 Å². The SMILES string of the molecule is Nc1nnc(SC2CC2)s1. The topological polar surface area (TPSA) is 51.8 Å². The molecule has 1 fully saturated rings. The maximum absolute atomic E-state index is 5.41. The van der Waals surface area contributed by atoms with Crippen molar-refractivity contribution in [2.75, 3.05) is 5.73 Å². The van der Waals surface area contributed by atoms with Crippen molar-refractivity contribution in [1.82, 2.24) is 10.2 Å². The molecule has 1 aliphatic rings. The molecule has 2 N–H and O–H groups in total. The molecule has 1 heterocycles. The highest BCUT2D eigenvalue weighted by atomic mass is 32.2. The van der Waals surface area contributed by atoms with Gasteiger partial charge in [-0.05, 0) is 12.8 Å². The lowest BCUT2D eigenvalue weighted by Gasteiger charge is -1.85. The highest BCUT2D eigenvalue weighted by Crippen LogP contribution is 2.40. The fraction of sp³-hybridized carbons (Fsp3) is 0.600. The lowest BCUT2D eigenvalue weighted by molar-refractivity contribution is 1.02. The maximum atomic E-state index is 5.41. The summed E-state index contributed by atoms with van der Waals surface area (Å²) in [5.74, 6) is 0. The zero-order chi connectivity index (χ0) is 6.97. The Balaban J connectivity index is 2.03. The largest absolute Gasteiger partial charge is 0.374 e. The van der Waals surface area contributed by atoms with Gasteiger partial charge in [0.25, 0.3) is 0 Å². The smallest absolute Gasteiger partial charge is 0.203 e. The summed E-state index contributed by atoms with van der Waals surface area (Å²) in [6.45, 7) is 0. The van der Waals surface area contributed by atoms with E-state index in [0.717, 1.165) is 9.59 Å². The molecule has 0 saturated heterocycles. The van der Waals surface area contributed by atoms with Crippen molar-refractivity contribution >= 4 is 28.2 Å². The molecule has 2 rings (SSSR count). The summed E-state index contributed by atoms with van der Waals surface area (Å²) < 4.78 is 1.01. The van der Waals surface area contributed by atoms with Gasteiger partial charge in [0.15, 0.2) is 4.34 Å². The van der Waals surface area contributed by atoms with Crippen LogP contribution >= 0.6 is 23.1 Å². The Kier molecular flexibility index (Phi) is 1.54. The minimum Gasteiger partial charge on any atom is -0.374 e. The molecule has 0 unspecified atom stereocenters. The summed E-state index contributed by atoms with van der Waals surface area (Å²) in [7, 11) is 0. The Bertz CT molecular complexity index is 231. The molecule has 3 nitrogen and oxygen atoms in total. The van der Waals surface area contributed by atoms with Gasteiger partial charge in [-0.1, -0.05) is 23.1 Å². The average Bonchev–Trinajstić information content (AvgIpc) is 2.59. The molecule has 1 aliphatic carbocycles. The van der Waals surface area contributed by atoms with Crippen molar-refractivity contribution in [3.05, 3.63) is 0 Å². The molecular weight excluding hydrogens is 166 g/mol. The first kappa shape index (κ1) is 6.42. The Labute approximate surface area is 67.0 Å². The summed E-state index contributed by atoms with van der Waals surface area (Å²) in [6, 6.07) is 0. The first-order chi connectivity index (χ1) is 4.84. The number of nitrogens with two attached hydrogens (primary N) is 1. The van der Waals surface area contributed by atoms with E-state index in [1.165, 1.54) is 24.2 Å². The molecule has 1 saturated carbocycles. The molecule has 0 spiro atoms. The van der Waals surface area contributed by atoms with Gasteiger partial charge in [0.2, 0.25) is 5.13 Å². The van der Waals surface area contributed by atoms with Crippen LogP contribution < -0.4 is 5.73 Å². The highest BCUT2D eigenvalue weighted by molar-refractivity contribution is 8.01. The number of anilines is 1. The minimum absolute atomic E-state index is 0.572. The van der Waals surface area contributed by atoms with Gasteiger partial charge >= 0.3 is 0 Å². The third-order valence-electron chi connectivity index (χ3n) is 1.21. The quantitative estimate of drug-likeness (QED) is 0.734. The van der Waals surface area contributed by atoms with Crippen LogP contribution in [0, 0.1) is 0 Å². The summed E-state index contributed by atoms with van der Waals surface area (Å²) in [5, 5.41) is 9.00. The molecule has 0 aliphatic heterocycles. The van der Waals surface area contributed by atoms with Crippen molar-refractivity contribution in [1.29, 1.82) is 0 Å². The van der Waals surface area contributed by atoms with Gasteiger partial charge in [0.1, 0.15) is 0 Å². The van der Waals surface area contributed by atoms with Crippen LogP contribution in [-0.4, -0.2) is 15.4 Å². The van der Waals surface area contributed by atoms with Crippen LogP contribution in [0.25, 0.3) is 0 Å². The Morgan fingerprint density at radius 1 is 1.50 bits per heavy atom. The van der Waals surface area contributed by atoms with E-state index in [9.17, 15) is 0 Å². The second-order valence-corrected chi connectivity index (χ2v) is 4.78. The van der Waals surface area contributed by atoms with E-state index in [1.54, 1.807) is 11.8 Å². The number of nitrogen functional groups attached to an aromatic ring is 1. The number of rotatable bonds is 2. The lowest BCUT2D eigenvalue weighted by atomic mass is 11.0. The zero-order valence-corrected chi connectivity index (χ0v) is 6.91. The molecule has 0 bridgehead atoms. The number of aromatic nitrogens is 2. The van der Waals surface area contributed by atoms with Gasteiger partial charge in [0, 0.05) is 5.25 Å². The molecule has 54 valence electrons. The van der Waals surface area contributed by atoms with Crippen molar-refractivity contribution in [2.24, 2.45) is 0 Å². The third-order valence-corrected chi connectivity index (χ3v) is 3.39. The molecular formula is C5H7N3S2. The van der Waals surface area contributed by atoms with Gasteiger partial charge in [-0.25, -0.2) is 0 Å². The van der Waals surface area contributed by atoms with Crippen molar-refractivity contribution in [3.8, 4) is 0 Å². The monoisotopic (exact) mass is 173 g/mol. The standard InChI is InChI=1S/C5H7N3S2/c6-4-7-8-5(10-4)9-3-1-2-3/h3H,1-2H2,(H2,6,7). The van der Waals surface area contributed by atoms with Crippen molar-refractivity contribution in [3.63, 3.8) is 0 Å². The van der Waals surface area contributed by atoms with Crippen LogP contribution in [0.2, 0.25) is 0 Å². The third kappa shape index (κ3) is 1.41. The first-order valence-corrected chi connectivity index (χ1v) is 4.80. The predicted molar refractivity (Wildman–Crippen MR) is 43.2 cm³/mol. The first-order valence-electron chi connectivity index (χ1n) is 3.10. The summed E-state index contributed by atoms with van der Waals surface area (Å²) in [5.41, 5.74) is 5.41. The molecule has 0 amide bonds. The number of hydrogen-bond acceptors (Lipinski definition) is 5. The maximum Gasteiger partial charge on any atom is 0.203 e. The van der Waals surface area contributed by atoms with E-state index in [0.29, 0.717) is 5.13 Å². The van der Waals surface area contributed by atoms with E-state index in [4.69, 9.17) is 5.73 Å². The summed E-state index contributed by atoms with van der Waals surface area (Å²) in [4.78, 5) is 0. The fourth-order valence-corrected chi connectivity index (χ4v) is 2.54. The highest BCUT2D eigenvalue weighted by Gasteiger charge is 2.24. The van der Waals surface area contributed by atoms with Gasteiger partial charge in [-0.15, -0.1) is 10.2 Å². The zero-order valence-electron chi connectivity index (χ0n) is 5.28. The van der Waals surface area contributed by atoms with E-state index < -0.39 is 0 Å². The van der Waals surface area contributed by atoms with Crippen LogP contribution in [0.1, 0.15) is 12.8 Å². The Hall–Kier alpha value is -0.290. The lowest BCUT2D eigenvalue weighted by Crippen LogP contribution is -1.79. The molecule has 0 aromatic carbocycles. The Morgan fingerprint density at radius 3 is 2.80 bits per heavy atom. The van der Waals surface area contributed by atoms with Gasteiger partial charge in [-0.2, -0.15) is 0 Å². The fourth-order valence-electron chi connectivity index (χ4n) is 0.596. The van der Waals surface area contributed by atoms with Gasteiger partial charge < -0.3 is 5.73 Å². The number of nitrogens with zero attached hydrogens (tertiary/aromatic N) is 2. The number of hydrogen-bond donors (Lipinski definition) is 1. The van der Waals surface area contributed by atoms with Crippen molar-refractivity contribution < 1.29 is 0 Å². The summed E-state index contributed by atoms with van der Waals surface area (Å²) in [6.07, 6.45) is 2.65. The minimum atomic E-state index is 0.572. The second-order valence-electron chi connectivity index (χ2n) is 2.22. The Morgan fingerprint density at radius 2 is 2.30 bits per heavy atom. The van der Waals surface area contributed by atoms with E-state index in [2.05, 4.69) is 10.2 Å². The molecule has 1 aromatic heterocycles. The van der Waals surface area contributed by atoms with Gasteiger partial charge in [-0.3, -0.25) is 0 Å². The van der Waals surface area contributed by atoms with Crippen LogP contribution in [0.4, 0.5) is 5.13 Å². The molecule has 10 heavy (non-hydrogen) atoms. The van der Waals surface area contributed by atoms with E-state index >= 15 is 0 Å². The summed E-state index contributed by atoms with van der Waals surface area (Å²) >= 11 is 3.27.